The van der Waals surface area contributed by atoms with E-state index < -0.39 is 58.3 Å². The van der Waals surface area contributed by atoms with E-state index in [1.54, 1.807) is 6.92 Å². The minimum absolute atomic E-state index is 0.0305. The molecule has 1 aliphatic heterocycles. The molecule has 0 bridgehead atoms. The first-order chi connectivity index (χ1) is 16.2. The minimum atomic E-state index is -4.15. The van der Waals surface area contributed by atoms with Gasteiger partial charge >= 0.3 is 5.97 Å². The monoisotopic (exact) mass is 501 g/mol. The molecule has 2 aliphatic rings. The van der Waals surface area contributed by atoms with Gasteiger partial charge in [0.15, 0.2) is 5.79 Å². The molecule has 34 heavy (non-hydrogen) atoms. The van der Waals surface area contributed by atoms with Gasteiger partial charge in [-0.25, -0.2) is 17.6 Å². The van der Waals surface area contributed by atoms with Gasteiger partial charge in [0.25, 0.3) is 0 Å². The Balaban J connectivity index is 1.94. The number of hydrogen-bond donors (Lipinski definition) is 3. The Labute approximate surface area is 199 Å². The molecule has 3 rings (SSSR count). The van der Waals surface area contributed by atoms with Crippen molar-refractivity contribution >= 4 is 21.7 Å². The van der Waals surface area contributed by atoms with Crippen molar-refractivity contribution in [2.45, 2.75) is 69.2 Å². The highest BCUT2D eigenvalue weighted by molar-refractivity contribution is 7.93. The van der Waals surface area contributed by atoms with Gasteiger partial charge in [-0.05, 0) is 56.0 Å². The van der Waals surface area contributed by atoms with Crippen LogP contribution in [0.1, 0.15) is 45.1 Å². The van der Waals surface area contributed by atoms with Crippen LogP contribution in [0.4, 0.5) is 10.1 Å². The predicted molar refractivity (Wildman–Crippen MR) is 122 cm³/mol. The summed E-state index contributed by atoms with van der Waals surface area (Å²) < 4.78 is 59.8. The number of esters is 1. The molecule has 190 valence electrons. The summed E-state index contributed by atoms with van der Waals surface area (Å²) in [5, 5.41) is 17.8. The van der Waals surface area contributed by atoms with Gasteiger partial charge in [-0.15, -0.1) is 0 Å². The minimum Gasteiger partial charge on any atom is -0.463 e. The number of sulfonamides is 1. The van der Waals surface area contributed by atoms with Crippen LogP contribution in [0.25, 0.3) is 0 Å². The zero-order valence-corrected chi connectivity index (χ0v) is 20.1. The number of hydrogen-bond acceptors (Lipinski definition) is 8. The zero-order valence-electron chi connectivity index (χ0n) is 19.3. The first-order valence-electron chi connectivity index (χ1n) is 11.5. The summed E-state index contributed by atoms with van der Waals surface area (Å²) in [5.41, 5.74) is 0.624. The maximum absolute atomic E-state index is 13.8. The Morgan fingerprint density at radius 3 is 2.50 bits per heavy atom. The fourth-order valence-corrected chi connectivity index (χ4v) is 5.84. The Kier molecular flexibility index (Phi) is 8.69. The summed E-state index contributed by atoms with van der Waals surface area (Å²) in [6, 6.07) is 3.85. The molecule has 0 amide bonds. The number of ether oxygens (including phenoxy) is 3. The number of anilines is 1. The first kappa shape index (κ1) is 26.6. The number of aliphatic hydroxyl groups is 2. The summed E-state index contributed by atoms with van der Waals surface area (Å²) in [6.45, 7) is 2.79. The van der Waals surface area contributed by atoms with E-state index in [0.29, 0.717) is 12.0 Å². The maximum atomic E-state index is 13.8. The zero-order chi connectivity index (χ0) is 24.9. The predicted octanol–water partition coefficient (Wildman–Crippen LogP) is 2.03. The van der Waals surface area contributed by atoms with Gasteiger partial charge in [0.1, 0.15) is 23.3 Å². The summed E-state index contributed by atoms with van der Waals surface area (Å²) in [5.74, 6) is -2.76. The summed E-state index contributed by atoms with van der Waals surface area (Å²) >= 11 is 0. The number of nitrogens with one attached hydrogen (secondary N) is 1. The van der Waals surface area contributed by atoms with E-state index in [1.807, 2.05) is 6.92 Å². The molecule has 1 aliphatic carbocycles. The Hall–Kier alpha value is -2.05. The molecular weight excluding hydrogens is 469 g/mol. The number of carbonyl (C=O) groups is 1. The van der Waals surface area contributed by atoms with Crippen molar-refractivity contribution in [3.05, 3.63) is 41.2 Å². The Morgan fingerprint density at radius 1 is 1.24 bits per heavy atom. The molecule has 1 saturated heterocycles. The number of halogens is 1. The van der Waals surface area contributed by atoms with Gasteiger partial charge in [-0.1, -0.05) is 13.3 Å². The molecule has 3 N–H and O–H groups in total. The topological polar surface area (TPSA) is 131 Å². The lowest BCUT2D eigenvalue weighted by atomic mass is 9.94. The van der Waals surface area contributed by atoms with E-state index in [4.69, 9.17) is 14.2 Å². The maximum Gasteiger partial charge on any atom is 0.335 e. The van der Waals surface area contributed by atoms with Crippen molar-refractivity contribution in [2.75, 3.05) is 24.5 Å². The van der Waals surface area contributed by atoms with Gasteiger partial charge in [-0.2, -0.15) is 0 Å². The molecule has 9 nitrogen and oxygen atoms in total. The van der Waals surface area contributed by atoms with Crippen LogP contribution in [-0.2, 0) is 35.4 Å². The molecule has 3 atom stereocenters. The highest BCUT2D eigenvalue weighted by atomic mass is 32.2. The molecule has 1 heterocycles. The normalized spacial score (nSPS) is 24.1. The fraction of sp³-hybridized carbons (Fsp3) is 0.609. The number of unbranched alkanes of at least 4 members (excludes halogenated alkanes) is 1. The fourth-order valence-electron chi connectivity index (χ4n) is 4.26. The van der Waals surface area contributed by atoms with Crippen molar-refractivity contribution in [1.82, 2.24) is 0 Å². The number of carbonyl (C=O) groups excluding carboxylic acids is 1. The molecule has 1 aromatic carbocycles. The quantitative estimate of drug-likeness (QED) is 0.415. The van der Waals surface area contributed by atoms with Crippen LogP contribution >= 0.6 is 0 Å². The van der Waals surface area contributed by atoms with Crippen molar-refractivity contribution in [2.24, 2.45) is 0 Å². The third kappa shape index (κ3) is 5.77. The van der Waals surface area contributed by atoms with E-state index in [-0.39, 0.29) is 30.7 Å². The van der Waals surface area contributed by atoms with Crippen LogP contribution in [0.15, 0.2) is 29.8 Å². The van der Waals surface area contributed by atoms with Crippen LogP contribution in [0.2, 0.25) is 0 Å². The summed E-state index contributed by atoms with van der Waals surface area (Å²) in [6.07, 6.45) is 1.76. The highest BCUT2D eigenvalue weighted by Gasteiger charge is 2.51. The second-order valence-corrected chi connectivity index (χ2v) is 10.3. The van der Waals surface area contributed by atoms with Gasteiger partial charge in [0.05, 0.1) is 31.1 Å². The van der Waals surface area contributed by atoms with Gasteiger partial charge < -0.3 is 24.4 Å². The molecular formula is C23H32FNO8S. The van der Waals surface area contributed by atoms with Gasteiger partial charge in [-0.3, -0.25) is 4.72 Å². The average Bonchev–Trinajstić information content (AvgIpc) is 3.16. The molecule has 1 spiro atoms. The van der Waals surface area contributed by atoms with Crippen molar-refractivity contribution < 1.29 is 42.0 Å². The van der Waals surface area contributed by atoms with Crippen molar-refractivity contribution in [3.8, 4) is 0 Å². The van der Waals surface area contributed by atoms with Gasteiger partial charge in [0.2, 0.25) is 10.0 Å². The third-order valence-electron chi connectivity index (χ3n) is 5.96. The van der Waals surface area contributed by atoms with Crippen molar-refractivity contribution in [1.29, 1.82) is 0 Å². The lowest BCUT2D eigenvalue weighted by Crippen LogP contribution is -2.43. The molecule has 0 saturated carbocycles. The molecule has 0 radical (unpaired) electrons. The largest absolute Gasteiger partial charge is 0.463 e. The second kappa shape index (κ2) is 11.1. The van der Waals surface area contributed by atoms with E-state index in [9.17, 15) is 27.8 Å². The molecule has 1 aromatic rings. The molecule has 1 fully saturated rings. The number of benzene rings is 1. The van der Waals surface area contributed by atoms with Crippen molar-refractivity contribution in [3.63, 3.8) is 0 Å². The van der Waals surface area contributed by atoms with Crippen LogP contribution in [0.3, 0.4) is 0 Å². The standard InChI is InChI=1S/C23H32FNO8S/c1-3-5-6-15-11-16(24)7-8-18(15)25-34(29,30)21-9-10-23(12-17(21)22(28)31-4-2)32-19(13-26)20(14-27)33-23/h7-8,11-12,19-21,25-27H,3-6,9-10,13-14H2,1-2H3/t19-,20-,21?/m0/s1. The van der Waals surface area contributed by atoms with E-state index in [1.165, 1.54) is 24.3 Å². The van der Waals surface area contributed by atoms with Crippen LogP contribution in [0.5, 0.6) is 0 Å². The lowest BCUT2D eigenvalue weighted by Gasteiger charge is -2.33. The molecule has 1 unspecified atom stereocenters. The first-order valence-corrected chi connectivity index (χ1v) is 13.0. The Bertz CT molecular complexity index is 1000. The number of rotatable bonds is 10. The number of aryl methyl sites for hydroxylation is 1. The third-order valence-corrected chi connectivity index (χ3v) is 7.70. The summed E-state index contributed by atoms with van der Waals surface area (Å²) in [4.78, 5) is 12.8. The van der Waals surface area contributed by atoms with Crippen LogP contribution in [-0.4, -0.2) is 67.7 Å². The van der Waals surface area contributed by atoms with Gasteiger partial charge in [0, 0.05) is 6.42 Å². The average molecular weight is 502 g/mol. The SMILES string of the molecule is CCCCc1cc(F)ccc1NS(=O)(=O)C1CCC2(C=C1C(=O)OCC)O[C@@H](CO)[C@H](CO)O2. The number of aliphatic hydroxyl groups excluding tert-OH is 2. The second-order valence-electron chi connectivity index (χ2n) is 8.39. The van der Waals surface area contributed by atoms with Crippen LogP contribution < -0.4 is 4.72 Å². The summed E-state index contributed by atoms with van der Waals surface area (Å²) in [7, 11) is -4.15. The molecule has 0 aromatic heterocycles. The Morgan fingerprint density at radius 2 is 1.91 bits per heavy atom. The van der Waals surface area contributed by atoms with E-state index in [2.05, 4.69) is 4.72 Å². The van der Waals surface area contributed by atoms with E-state index >= 15 is 0 Å². The highest BCUT2D eigenvalue weighted by Crippen LogP contribution is 2.41. The van der Waals surface area contributed by atoms with E-state index in [0.717, 1.165) is 12.8 Å². The van der Waals surface area contributed by atoms with Crippen LogP contribution in [0, 0.1) is 5.82 Å². The smallest absolute Gasteiger partial charge is 0.335 e. The molecule has 11 heteroatoms. The lowest BCUT2D eigenvalue weighted by molar-refractivity contribution is -0.154.